The normalized spacial score (nSPS) is 11.1. The summed E-state index contributed by atoms with van der Waals surface area (Å²) in [6.45, 7) is 2.02. The minimum atomic E-state index is -0.200. The van der Waals surface area contributed by atoms with Gasteiger partial charge in [-0.3, -0.25) is 4.79 Å². The molecule has 0 amide bonds. The van der Waals surface area contributed by atoms with Gasteiger partial charge in [-0.1, -0.05) is 36.4 Å². The van der Waals surface area contributed by atoms with Crippen molar-refractivity contribution in [1.82, 2.24) is 0 Å². The number of para-hydroxylation sites is 2. The van der Waals surface area contributed by atoms with Gasteiger partial charge in [0.2, 0.25) is 0 Å². The van der Waals surface area contributed by atoms with Crippen LogP contribution in [-0.2, 0) is 9.53 Å². The van der Waals surface area contributed by atoms with E-state index in [4.69, 9.17) is 4.74 Å². The van der Waals surface area contributed by atoms with Crippen molar-refractivity contribution in [2.75, 3.05) is 12.0 Å². The van der Waals surface area contributed by atoms with E-state index < -0.39 is 0 Å². The molecule has 0 aliphatic carbocycles. The van der Waals surface area contributed by atoms with Gasteiger partial charge in [-0.05, 0) is 31.2 Å². The van der Waals surface area contributed by atoms with Crippen LogP contribution in [0.1, 0.15) is 13.3 Å². The van der Waals surface area contributed by atoms with Crippen molar-refractivity contribution in [3.05, 3.63) is 60.7 Å². The lowest BCUT2D eigenvalue weighted by Crippen LogP contribution is -2.30. The highest BCUT2D eigenvalue weighted by Gasteiger charge is 2.19. The third-order valence-corrected chi connectivity index (χ3v) is 3.20. The monoisotopic (exact) mass is 305 g/mol. The molecule has 21 heavy (non-hydrogen) atoms. The van der Waals surface area contributed by atoms with Crippen LogP contribution >= 0.6 is 12.4 Å². The molecule has 0 radical (unpaired) electrons. The van der Waals surface area contributed by atoms with E-state index in [0.717, 1.165) is 11.4 Å². The van der Waals surface area contributed by atoms with Gasteiger partial charge in [0, 0.05) is 17.4 Å². The van der Waals surface area contributed by atoms with E-state index in [-0.39, 0.29) is 24.4 Å². The van der Waals surface area contributed by atoms with Crippen LogP contribution in [0.5, 0.6) is 0 Å². The van der Waals surface area contributed by atoms with Crippen LogP contribution in [0.4, 0.5) is 11.4 Å². The lowest BCUT2D eigenvalue weighted by molar-refractivity contribution is -0.140. The summed E-state index contributed by atoms with van der Waals surface area (Å²) in [5, 5.41) is 0. The number of methoxy groups -OCH3 is 1. The minimum absolute atomic E-state index is 0. The molecule has 4 heteroatoms. The van der Waals surface area contributed by atoms with Gasteiger partial charge >= 0.3 is 5.97 Å². The zero-order chi connectivity index (χ0) is 14.4. The van der Waals surface area contributed by atoms with E-state index in [1.807, 2.05) is 67.6 Å². The molecule has 0 unspecified atom stereocenters. The topological polar surface area (TPSA) is 29.5 Å². The second-order valence-electron chi connectivity index (χ2n) is 4.67. The zero-order valence-corrected chi connectivity index (χ0v) is 13.0. The highest BCUT2D eigenvalue weighted by atomic mass is 35.5. The number of benzene rings is 2. The van der Waals surface area contributed by atoms with Gasteiger partial charge in [-0.25, -0.2) is 0 Å². The van der Waals surface area contributed by atoms with Crippen LogP contribution < -0.4 is 4.90 Å². The first-order valence-corrected chi connectivity index (χ1v) is 6.68. The summed E-state index contributed by atoms with van der Waals surface area (Å²) >= 11 is 0. The number of ether oxygens (including phenoxy) is 1. The zero-order valence-electron chi connectivity index (χ0n) is 12.2. The largest absolute Gasteiger partial charge is 0.469 e. The van der Waals surface area contributed by atoms with Crippen molar-refractivity contribution < 1.29 is 9.53 Å². The first-order valence-electron chi connectivity index (χ1n) is 6.68. The van der Waals surface area contributed by atoms with Crippen LogP contribution in [0, 0.1) is 0 Å². The molecule has 2 aromatic carbocycles. The Hall–Kier alpha value is -2.00. The maximum absolute atomic E-state index is 11.5. The van der Waals surface area contributed by atoms with Crippen LogP contribution in [0.3, 0.4) is 0 Å². The molecule has 0 fully saturated rings. The maximum atomic E-state index is 11.5. The molecule has 2 aromatic rings. The molecule has 0 bridgehead atoms. The van der Waals surface area contributed by atoms with E-state index >= 15 is 0 Å². The van der Waals surface area contributed by atoms with Crippen molar-refractivity contribution in [3.8, 4) is 0 Å². The smallest absolute Gasteiger partial charge is 0.307 e. The average molecular weight is 306 g/mol. The summed E-state index contributed by atoms with van der Waals surface area (Å²) in [6.07, 6.45) is 0.348. The molecule has 0 saturated carbocycles. The number of nitrogens with zero attached hydrogens (tertiary/aromatic N) is 1. The Bertz CT molecular complexity index is 506. The molecule has 0 aliphatic rings. The molecule has 0 spiro atoms. The lowest BCUT2D eigenvalue weighted by atomic mass is 10.1. The number of carbonyl (C=O) groups excluding carboxylic acids is 1. The summed E-state index contributed by atoms with van der Waals surface area (Å²) in [6, 6.07) is 20.1. The quantitative estimate of drug-likeness (QED) is 0.775. The number of hydrogen-bond donors (Lipinski definition) is 0. The molecule has 3 nitrogen and oxygen atoms in total. The van der Waals surface area contributed by atoms with Gasteiger partial charge in [0.05, 0.1) is 13.5 Å². The SMILES string of the molecule is COC(=O)C[C@H](C)N(c1ccccc1)c1ccccc1.Cl. The summed E-state index contributed by atoms with van der Waals surface area (Å²) in [5.41, 5.74) is 2.13. The Balaban J connectivity index is 0.00000220. The second kappa shape index (κ2) is 8.32. The molecule has 0 aromatic heterocycles. The van der Waals surface area contributed by atoms with Crippen molar-refractivity contribution in [2.24, 2.45) is 0 Å². The number of halogens is 1. The van der Waals surface area contributed by atoms with Gasteiger partial charge in [0.25, 0.3) is 0 Å². The number of esters is 1. The Morgan fingerprint density at radius 1 is 1.00 bits per heavy atom. The van der Waals surface area contributed by atoms with Gasteiger partial charge in [-0.15, -0.1) is 12.4 Å². The standard InChI is InChI=1S/C17H19NO2.ClH/c1-14(13-17(19)20-2)18(15-9-5-3-6-10-15)16-11-7-4-8-12-16;/h3-12,14H,13H2,1-2H3;1H/t14-;/m0./s1. The predicted octanol–water partition coefficient (Wildman–Crippen LogP) is 4.20. The van der Waals surface area contributed by atoms with E-state index in [1.54, 1.807) is 0 Å². The Morgan fingerprint density at radius 3 is 1.81 bits per heavy atom. The molecule has 2 rings (SSSR count). The second-order valence-corrected chi connectivity index (χ2v) is 4.67. The van der Waals surface area contributed by atoms with Crippen molar-refractivity contribution in [2.45, 2.75) is 19.4 Å². The lowest BCUT2D eigenvalue weighted by Gasteiger charge is -2.31. The van der Waals surface area contributed by atoms with E-state index in [2.05, 4.69) is 4.90 Å². The van der Waals surface area contributed by atoms with Crippen molar-refractivity contribution >= 4 is 29.8 Å². The van der Waals surface area contributed by atoms with Crippen molar-refractivity contribution in [3.63, 3.8) is 0 Å². The first kappa shape index (κ1) is 17.1. The summed E-state index contributed by atoms with van der Waals surface area (Å²) < 4.78 is 4.78. The third-order valence-electron chi connectivity index (χ3n) is 3.20. The molecule has 0 aliphatic heterocycles. The fourth-order valence-corrected chi connectivity index (χ4v) is 2.25. The molecule has 1 atom stereocenters. The molecular weight excluding hydrogens is 286 g/mol. The molecule has 0 heterocycles. The van der Waals surface area contributed by atoms with Crippen LogP contribution in [0.2, 0.25) is 0 Å². The summed E-state index contributed by atoms with van der Waals surface area (Å²) in [7, 11) is 1.42. The van der Waals surface area contributed by atoms with E-state index in [9.17, 15) is 4.79 Å². The molecular formula is C17H20ClNO2. The Kier molecular flexibility index (Phi) is 6.76. The first-order chi connectivity index (χ1) is 9.72. The van der Waals surface area contributed by atoms with Gasteiger partial charge in [0.15, 0.2) is 0 Å². The Morgan fingerprint density at radius 2 is 1.43 bits per heavy atom. The van der Waals surface area contributed by atoms with Crippen LogP contribution in [0.15, 0.2) is 60.7 Å². The summed E-state index contributed by atoms with van der Waals surface area (Å²) in [4.78, 5) is 13.7. The van der Waals surface area contributed by atoms with Gasteiger partial charge < -0.3 is 9.64 Å². The summed E-state index contributed by atoms with van der Waals surface area (Å²) in [5.74, 6) is -0.200. The Labute approximate surface area is 132 Å². The van der Waals surface area contributed by atoms with Crippen LogP contribution in [-0.4, -0.2) is 19.1 Å². The number of rotatable bonds is 5. The third kappa shape index (κ3) is 4.50. The van der Waals surface area contributed by atoms with Crippen LogP contribution in [0.25, 0.3) is 0 Å². The number of hydrogen-bond acceptors (Lipinski definition) is 3. The highest BCUT2D eigenvalue weighted by molar-refractivity contribution is 5.85. The molecule has 0 saturated heterocycles. The molecule has 112 valence electrons. The predicted molar refractivity (Wildman–Crippen MR) is 88.4 cm³/mol. The van der Waals surface area contributed by atoms with E-state index in [1.165, 1.54) is 7.11 Å². The van der Waals surface area contributed by atoms with Crippen molar-refractivity contribution in [1.29, 1.82) is 0 Å². The molecule has 0 N–H and O–H groups in total. The fraction of sp³-hybridized carbons (Fsp3) is 0.235. The minimum Gasteiger partial charge on any atom is -0.469 e. The van der Waals surface area contributed by atoms with E-state index in [0.29, 0.717) is 6.42 Å². The maximum Gasteiger partial charge on any atom is 0.307 e. The number of anilines is 2. The highest BCUT2D eigenvalue weighted by Crippen LogP contribution is 2.28. The number of carbonyl (C=O) groups is 1. The average Bonchev–Trinajstić information content (AvgIpc) is 2.49. The van der Waals surface area contributed by atoms with Gasteiger partial charge in [-0.2, -0.15) is 0 Å². The fourth-order valence-electron chi connectivity index (χ4n) is 2.25. The van der Waals surface area contributed by atoms with Gasteiger partial charge in [0.1, 0.15) is 0 Å².